The number of hydrogen-bond acceptors (Lipinski definition) is 0. The minimum absolute atomic E-state index is 0.159. The van der Waals surface area contributed by atoms with E-state index in [4.69, 9.17) is 34.8 Å². The molecule has 0 heterocycles. The molecule has 0 amide bonds. The third-order valence-corrected chi connectivity index (χ3v) is 4.77. The molecule has 0 aromatic heterocycles. The van der Waals surface area contributed by atoms with Gasteiger partial charge in [0.25, 0.3) is 0 Å². The molecule has 19 heavy (non-hydrogen) atoms. The molecule has 0 radical (unpaired) electrons. The summed E-state index contributed by atoms with van der Waals surface area (Å²) in [6, 6.07) is 10.0. The van der Waals surface area contributed by atoms with Crippen molar-refractivity contribution in [3.05, 3.63) is 68.4 Å². The van der Waals surface area contributed by atoms with E-state index in [0.29, 0.717) is 27.1 Å². The second-order valence-corrected chi connectivity index (χ2v) is 6.31. The lowest BCUT2D eigenvalue weighted by molar-refractivity contribution is 0.608. The molecular weight excluding hydrogens is 373 g/mol. The summed E-state index contributed by atoms with van der Waals surface area (Å²) in [7, 11) is 0. The van der Waals surface area contributed by atoms with Crippen LogP contribution in [0.4, 0.5) is 4.39 Å². The average Bonchev–Trinajstić information content (AvgIpc) is 2.37. The van der Waals surface area contributed by atoms with Crippen LogP contribution in [0.25, 0.3) is 0 Å². The van der Waals surface area contributed by atoms with E-state index in [2.05, 4.69) is 15.9 Å². The molecule has 1 unspecified atom stereocenters. The summed E-state index contributed by atoms with van der Waals surface area (Å²) in [5.74, 6) is -0.324. The minimum atomic E-state index is -0.324. The van der Waals surface area contributed by atoms with Crippen molar-refractivity contribution in [1.82, 2.24) is 0 Å². The first-order chi connectivity index (χ1) is 9.00. The van der Waals surface area contributed by atoms with Crippen LogP contribution in [0.5, 0.6) is 0 Å². The van der Waals surface area contributed by atoms with Crippen molar-refractivity contribution in [2.75, 3.05) is 0 Å². The summed E-state index contributed by atoms with van der Waals surface area (Å²) in [4.78, 5) is -0.159. The normalized spacial score (nSPS) is 12.5. The lowest BCUT2D eigenvalue weighted by Crippen LogP contribution is -2.00. The van der Waals surface area contributed by atoms with Crippen molar-refractivity contribution < 1.29 is 4.39 Å². The summed E-state index contributed by atoms with van der Waals surface area (Å²) >= 11 is 21.6. The van der Waals surface area contributed by atoms with Crippen LogP contribution in [0.2, 0.25) is 15.1 Å². The number of rotatable bonds is 3. The summed E-state index contributed by atoms with van der Waals surface area (Å²) in [5.41, 5.74) is 1.27. The third kappa shape index (κ3) is 3.43. The van der Waals surface area contributed by atoms with Gasteiger partial charge in [0.2, 0.25) is 0 Å². The van der Waals surface area contributed by atoms with Crippen LogP contribution in [0.15, 0.2) is 36.4 Å². The zero-order chi connectivity index (χ0) is 14.0. The Morgan fingerprint density at radius 2 is 1.63 bits per heavy atom. The molecule has 100 valence electrons. The number of halogens is 5. The van der Waals surface area contributed by atoms with E-state index in [0.717, 1.165) is 5.56 Å². The van der Waals surface area contributed by atoms with Gasteiger partial charge < -0.3 is 0 Å². The summed E-state index contributed by atoms with van der Waals surface area (Å²) < 4.78 is 13.7. The van der Waals surface area contributed by atoms with E-state index in [-0.39, 0.29) is 10.6 Å². The Kier molecular flexibility index (Phi) is 5.13. The Hall–Kier alpha value is -0.280. The molecule has 5 heteroatoms. The van der Waals surface area contributed by atoms with E-state index in [1.54, 1.807) is 24.3 Å². The molecule has 2 rings (SSSR count). The lowest BCUT2D eigenvalue weighted by Gasteiger charge is -2.14. The van der Waals surface area contributed by atoms with Gasteiger partial charge in [-0.2, -0.15) is 0 Å². The van der Waals surface area contributed by atoms with Crippen LogP contribution in [-0.2, 0) is 6.42 Å². The Labute approximate surface area is 134 Å². The third-order valence-electron chi connectivity index (χ3n) is 2.76. The monoisotopic (exact) mass is 380 g/mol. The quantitative estimate of drug-likeness (QED) is 0.534. The molecule has 0 aliphatic heterocycles. The van der Waals surface area contributed by atoms with E-state index >= 15 is 0 Å². The summed E-state index contributed by atoms with van der Waals surface area (Å²) in [5, 5.41) is 1.35. The highest BCUT2D eigenvalue weighted by Gasteiger charge is 2.17. The SMILES string of the molecule is Fc1cccc(Cl)c1CC(Br)c1cccc(Cl)c1Cl. The van der Waals surface area contributed by atoms with Gasteiger partial charge in [-0.25, -0.2) is 4.39 Å². The molecule has 0 aliphatic rings. The molecule has 0 saturated carbocycles. The Bertz CT molecular complexity index is 581. The van der Waals surface area contributed by atoms with Gasteiger partial charge in [-0.05, 0) is 30.2 Å². The lowest BCUT2D eigenvalue weighted by atomic mass is 10.0. The summed E-state index contributed by atoms with van der Waals surface area (Å²) in [6.07, 6.45) is 0.394. The maximum Gasteiger partial charge on any atom is 0.127 e. The molecule has 0 fully saturated rings. The van der Waals surface area contributed by atoms with Gasteiger partial charge in [0.1, 0.15) is 5.82 Å². The topological polar surface area (TPSA) is 0 Å². The van der Waals surface area contributed by atoms with Crippen molar-refractivity contribution in [3.8, 4) is 0 Å². The van der Waals surface area contributed by atoms with Crippen molar-refractivity contribution >= 4 is 50.7 Å². The van der Waals surface area contributed by atoms with E-state index in [1.165, 1.54) is 6.07 Å². The predicted molar refractivity (Wildman–Crippen MR) is 83.2 cm³/mol. The molecular formula is C14H9BrCl3F. The largest absolute Gasteiger partial charge is 0.207 e. The van der Waals surface area contributed by atoms with Gasteiger partial charge in [-0.1, -0.05) is 68.9 Å². The van der Waals surface area contributed by atoms with Gasteiger partial charge in [-0.3, -0.25) is 0 Å². The van der Waals surface area contributed by atoms with E-state index in [9.17, 15) is 4.39 Å². The van der Waals surface area contributed by atoms with Gasteiger partial charge in [0, 0.05) is 15.4 Å². The predicted octanol–water partition coefficient (Wildman–Crippen LogP) is 6.46. The van der Waals surface area contributed by atoms with Crippen LogP contribution in [0, 0.1) is 5.82 Å². The van der Waals surface area contributed by atoms with Gasteiger partial charge in [0.15, 0.2) is 0 Å². The number of hydrogen-bond donors (Lipinski definition) is 0. The standard InChI is InChI=1S/C14H9BrCl3F/c15-10(8-3-1-5-12(17)14(8)18)7-9-11(16)4-2-6-13(9)19/h1-6,10H,7H2. The minimum Gasteiger partial charge on any atom is -0.207 e. The van der Waals surface area contributed by atoms with Crippen molar-refractivity contribution in [2.24, 2.45) is 0 Å². The molecule has 2 aromatic rings. The van der Waals surface area contributed by atoms with Gasteiger partial charge in [0.05, 0.1) is 10.0 Å². The van der Waals surface area contributed by atoms with Crippen molar-refractivity contribution in [3.63, 3.8) is 0 Å². The van der Waals surface area contributed by atoms with Crippen molar-refractivity contribution in [1.29, 1.82) is 0 Å². The highest BCUT2D eigenvalue weighted by molar-refractivity contribution is 9.09. The maximum absolute atomic E-state index is 13.7. The van der Waals surface area contributed by atoms with Crippen LogP contribution in [0.3, 0.4) is 0 Å². The fraction of sp³-hybridized carbons (Fsp3) is 0.143. The fourth-order valence-corrected chi connectivity index (χ4v) is 3.30. The first-order valence-electron chi connectivity index (χ1n) is 5.51. The average molecular weight is 382 g/mol. The molecule has 0 spiro atoms. The first-order valence-corrected chi connectivity index (χ1v) is 7.56. The molecule has 0 bridgehead atoms. The van der Waals surface area contributed by atoms with Gasteiger partial charge in [-0.15, -0.1) is 0 Å². The van der Waals surface area contributed by atoms with Crippen LogP contribution in [0.1, 0.15) is 16.0 Å². The van der Waals surface area contributed by atoms with Gasteiger partial charge >= 0.3 is 0 Å². The smallest absolute Gasteiger partial charge is 0.127 e. The zero-order valence-corrected chi connectivity index (χ0v) is 13.5. The van der Waals surface area contributed by atoms with Crippen LogP contribution < -0.4 is 0 Å². The molecule has 0 saturated heterocycles. The molecule has 2 aromatic carbocycles. The molecule has 0 N–H and O–H groups in total. The summed E-state index contributed by atoms with van der Waals surface area (Å²) in [6.45, 7) is 0. The second-order valence-electron chi connectivity index (χ2n) is 4.01. The van der Waals surface area contributed by atoms with Crippen LogP contribution >= 0.6 is 50.7 Å². The fourth-order valence-electron chi connectivity index (χ4n) is 1.78. The zero-order valence-electron chi connectivity index (χ0n) is 9.64. The van der Waals surface area contributed by atoms with E-state index in [1.807, 2.05) is 6.07 Å². The Morgan fingerprint density at radius 1 is 1.00 bits per heavy atom. The molecule has 0 aliphatic carbocycles. The number of alkyl halides is 1. The van der Waals surface area contributed by atoms with Crippen LogP contribution in [-0.4, -0.2) is 0 Å². The van der Waals surface area contributed by atoms with E-state index < -0.39 is 0 Å². The maximum atomic E-state index is 13.7. The highest BCUT2D eigenvalue weighted by Crippen LogP contribution is 2.37. The second kappa shape index (κ2) is 6.45. The molecule has 1 atom stereocenters. The Morgan fingerprint density at radius 3 is 2.32 bits per heavy atom. The highest BCUT2D eigenvalue weighted by atomic mass is 79.9. The first kappa shape index (κ1) is 15.1. The Balaban J connectivity index is 2.31. The van der Waals surface area contributed by atoms with Crippen molar-refractivity contribution in [2.45, 2.75) is 11.2 Å². The molecule has 0 nitrogen and oxygen atoms in total. The number of benzene rings is 2.